The van der Waals surface area contributed by atoms with E-state index in [2.05, 4.69) is 79.6 Å². The van der Waals surface area contributed by atoms with Gasteiger partial charge in [0.25, 0.3) is 0 Å². The van der Waals surface area contributed by atoms with Gasteiger partial charge in [-0.25, -0.2) is 0 Å². The molecule has 33 heavy (non-hydrogen) atoms. The van der Waals surface area contributed by atoms with Crippen LogP contribution in [0.3, 0.4) is 0 Å². The van der Waals surface area contributed by atoms with Crippen LogP contribution in [0.1, 0.15) is 44.4 Å². The van der Waals surface area contributed by atoms with Gasteiger partial charge >= 0.3 is 6.36 Å². The van der Waals surface area contributed by atoms with Crippen molar-refractivity contribution in [3.05, 3.63) is 89.6 Å². The Labute approximate surface area is 192 Å². The Morgan fingerprint density at radius 1 is 0.818 bits per heavy atom. The number of ether oxygens (including phenoxy) is 1. The standard InChI is InChI=1S/C28H28F3NO/c1-5-20-18-32(17-19-6-11-23(12-7-19)27(2,3)4)26-15-10-22(16-25(20)26)21-8-13-24(14-9-21)33-28(29,30)31/h6-16,18H,5,17H2,1-4H3. The fourth-order valence-electron chi connectivity index (χ4n) is 4.12. The van der Waals surface area contributed by atoms with E-state index in [0.29, 0.717) is 0 Å². The largest absolute Gasteiger partial charge is 0.573 e. The molecule has 0 spiro atoms. The Balaban J connectivity index is 1.63. The molecule has 5 heteroatoms. The molecule has 0 radical (unpaired) electrons. The van der Waals surface area contributed by atoms with Gasteiger partial charge in [0.15, 0.2) is 0 Å². The number of hydrogen-bond donors (Lipinski definition) is 0. The van der Waals surface area contributed by atoms with Crippen LogP contribution >= 0.6 is 0 Å². The zero-order valence-corrected chi connectivity index (χ0v) is 19.3. The van der Waals surface area contributed by atoms with Gasteiger partial charge in [-0.2, -0.15) is 0 Å². The molecule has 1 heterocycles. The monoisotopic (exact) mass is 451 g/mol. The number of benzene rings is 3. The number of rotatable bonds is 5. The number of aromatic nitrogens is 1. The first-order chi connectivity index (χ1) is 15.5. The lowest BCUT2D eigenvalue weighted by molar-refractivity contribution is -0.274. The van der Waals surface area contributed by atoms with Crippen LogP contribution < -0.4 is 4.74 Å². The fourth-order valence-corrected chi connectivity index (χ4v) is 4.12. The van der Waals surface area contributed by atoms with Gasteiger partial charge in [0.2, 0.25) is 0 Å². The molecule has 0 amide bonds. The molecule has 0 saturated carbocycles. The Kier molecular flexibility index (Phi) is 6.00. The summed E-state index contributed by atoms with van der Waals surface area (Å²) in [4.78, 5) is 0. The third-order valence-corrected chi connectivity index (χ3v) is 5.94. The van der Waals surface area contributed by atoms with Crippen molar-refractivity contribution in [1.82, 2.24) is 4.57 Å². The molecule has 0 N–H and O–H groups in total. The second kappa shape index (κ2) is 8.62. The second-order valence-corrected chi connectivity index (χ2v) is 9.39. The van der Waals surface area contributed by atoms with Crippen molar-refractivity contribution in [2.45, 2.75) is 52.4 Å². The molecule has 2 nitrogen and oxygen atoms in total. The zero-order valence-electron chi connectivity index (χ0n) is 19.3. The highest BCUT2D eigenvalue weighted by Crippen LogP contribution is 2.31. The van der Waals surface area contributed by atoms with Gasteiger partial charge in [-0.15, -0.1) is 13.2 Å². The minimum atomic E-state index is -4.69. The average Bonchev–Trinajstić information content (AvgIpc) is 3.10. The van der Waals surface area contributed by atoms with Crippen LogP contribution in [0.25, 0.3) is 22.0 Å². The van der Waals surface area contributed by atoms with Gasteiger partial charge in [0.05, 0.1) is 0 Å². The van der Waals surface area contributed by atoms with Gasteiger partial charge < -0.3 is 9.30 Å². The molecule has 0 bridgehead atoms. The number of nitrogens with zero attached hydrogens (tertiary/aromatic N) is 1. The Bertz CT molecular complexity index is 1240. The summed E-state index contributed by atoms with van der Waals surface area (Å²) in [5, 5.41) is 1.16. The van der Waals surface area contributed by atoms with E-state index in [4.69, 9.17) is 0 Å². The predicted molar refractivity (Wildman–Crippen MR) is 128 cm³/mol. The SMILES string of the molecule is CCc1cn(Cc2ccc(C(C)(C)C)cc2)c2ccc(-c3ccc(OC(F)(F)F)cc3)cc12. The maximum atomic E-state index is 12.4. The van der Waals surface area contributed by atoms with Crippen molar-refractivity contribution in [3.63, 3.8) is 0 Å². The highest BCUT2D eigenvalue weighted by molar-refractivity contribution is 5.88. The zero-order chi connectivity index (χ0) is 23.8. The maximum Gasteiger partial charge on any atom is 0.573 e. The minimum Gasteiger partial charge on any atom is -0.406 e. The fraction of sp³-hybridized carbons (Fsp3) is 0.286. The first-order valence-electron chi connectivity index (χ1n) is 11.1. The average molecular weight is 452 g/mol. The van der Waals surface area contributed by atoms with E-state index in [-0.39, 0.29) is 11.2 Å². The number of alkyl halides is 3. The number of fused-ring (bicyclic) bond motifs is 1. The van der Waals surface area contributed by atoms with Crippen LogP contribution in [0.15, 0.2) is 72.9 Å². The molecule has 0 aliphatic carbocycles. The van der Waals surface area contributed by atoms with E-state index in [1.165, 1.54) is 28.8 Å². The summed E-state index contributed by atoms with van der Waals surface area (Å²) in [7, 11) is 0. The molecule has 0 atom stereocenters. The van der Waals surface area contributed by atoms with E-state index in [9.17, 15) is 13.2 Å². The van der Waals surface area contributed by atoms with Crippen LogP contribution in [0.2, 0.25) is 0 Å². The second-order valence-electron chi connectivity index (χ2n) is 9.39. The quantitative estimate of drug-likeness (QED) is 0.299. The smallest absolute Gasteiger partial charge is 0.406 e. The lowest BCUT2D eigenvalue weighted by Gasteiger charge is -2.19. The normalized spacial score (nSPS) is 12.3. The summed E-state index contributed by atoms with van der Waals surface area (Å²) < 4.78 is 43.5. The van der Waals surface area contributed by atoms with E-state index in [1.54, 1.807) is 12.1 Å². The highest BCUT2D eigenvalue weighted by atomic mass is 19.4. The van der Waals surface area contributed by atoms with E-state index < -0.39 is 6.36 Å². The molecule has 0 aliphatic rings. The summed E-state index contributed by atoms with van der Waals surface area (Å²) in [5.74, 6) is -0.217. The maximum absolute atomic E-state index is 12.4. The molecule has 0 unspecified atom stereocenters. The summed E-state index contributed by atoms with van der Waals surface area (Å²) in [5.41, 5.74) is 6.88. The van der Waals surface area contributed by atoms with E-state index in [1.807, 2.05) is 6.07 Å². The van der Waals surface area contributed by atoms with Crippen molar-refractivity contribution in [1.29, 1.82) is 0 Å². The Morgan fingerprint density at radius 3 is 2.03 bits per heavy atom. The summed E-state index contributed by atoms with van der Waals surface area (Å²) in [6.07, 6.45) is -1.59. The van der Waals surface area contributed by atoms with Crippen LogP contribution in [0, 0.1) is 0 Å². The third kappa shape index (κ3) is 5.24. The number of aryl methyl sites for hydroxylation is 1. The molecule has 4 aromatic rings. The summed E-state index contributed by atoms with van der Waals surface area (Å²) in [6.45, 7) is 9.55. The van der Waals surface area contributed by atoms with E-state index in [0.717, 1.165) is 35.0 Å². The van der Waals surface area contributed by atoms with Gasteiger partial charge in [-0.1, -0.05) is 70.2 Å². The van der Waals surface area contributed by atoms with Gasteiger partial charge in [0.1, 0.15) is 5.75 Å². The number of halogens is 3. The lowest BCUT2D eigenvalue weighted by Crippen LogP contribution is -2.16. The molecular weight excluding hydrogens is 423 g/mol. The Hall–Kier alpha value is -3.21. The molecule has 1 aromatic heterocycles. The Morgan fingerprint density at radius 2 is 1.45 bits per heavy atom. The van der Waals surface area contributed by atoms with Crippen molar-refractivity contribution in [2.75, 3.05) is 0 Å². The highest BCUT2D eigenvalue weighted by Gasteiger charge is 2.31. The topological polar surface area (TPSA) is 14.2 Å². The minimum absolute atomic E-state index is 0.127. The van der Waals surface area contributed by atoms with Crippen LogP contribution in [-0.2, 0) is 18.4 Å². The van der Waals surface area contributed by atoms with Crippen LogP contribution in [0.5, 0.6) is 5.75 Å². The van der Waals surface area contributed by atoms with E-state index >= 15 is 0 Å². The molecular formula is C28H28F3NO. The van der Waals surface area contributed by atoms with Crippen molar-refractivity contribution < 1.29 is 17.9 Å². The summed E-state index contributed by atoms with van der Waals surface area (Å²) >= 11 is 0. The van der Waals surface area contributed by atoms with Crippen molar-refractivity contribution in [3.8, 4) is 16.9 Å². The van der Waals surface area contributed by atoms with Gasteiger partial charge in [-0.05, 0) is 63.9 Å². The van der Waals surface area contributed by atoms with Crippen LogP contribution in [-0.4, -0.2) is 10.9 Å². The molecule has 3 aromatic carbocycles. The molecule has 0 saturated heterocycles. The van der Waals surface area contributed by atoms with Gasteiger partial charge in [0, 0.05) is 23.6 Å². The first kappa shape index (κ1) is 23.0. The first-order valence-corrected chi connectivity index (χ1v) is 11.1. The van der Waals surface area contributed by atoms with Gasteiger partial charge in [-0.3, -0.25) is 0 Å². The molecule has 4 rings (SSSR count). The summed E-state index contributed by atoms with van der Waals surface area (Å²) in [6, 6.07) is 21.0. The molecule has 172 valence electrons. The third-order valence-electron chi connectivity index (χ3n) is 5.94. The van der Waals surface area contributed by atoms with Crippen molar-refractivity contribution >= 4 is 10.9 Å². The number of hydrogen-bond acceptors (Lipinski definition) is 1. The van der Waals surface area contributed by atoms with Crippen LogP contribution in [0.4, 0.5) is 13.2 Å². The lowest BCUT2D eigenvalue weighted by atomic mass is 9.87. The molecule has 0 aliphatic heterocycles. The predicted octanol–water partition coefficient (Wildman–Crippen LogP) is 8.12. The molecule has 0 fully saturated rings. The van der Waals surface area contributed by atoms with Crippen molar-refractivity contribution in [2.24, 2.45) is 0 Å².